The molecule has 2 aromatic rings. The van der Waals surface area contributed by atoms with Crippen molar-refractivity contribution in [2.24, 2.45) is 0 Å². The van der Waals surface area contributed by atoms with Gasteiger partial charge in [0.25, 0.3) is 0 Å². The van der Waals surface area contributed by atoms with Crippen molar-refractivity contribution >= 4 is 52.1 Å². The van der Waals surface area contributed by atoms with Crippen LogP contribution in [-0.4, -0.2) is 4.98 Å². The fraction of sp³-hybridized carbons (Fsp3) is 0.0833. The van der Waals surface area contributed by atoms with E-state index in [-0.39, 0.29) is 10.0 Å². The molecule has 2 nitrogen and oxygen atoms in total. The van der Waals surface area contributed by atoms with Crippen molar-refractivity contribution in [2.45, 2.75) is 6.92 Å². The van der Waals surface area contributed by atoms with Gasteiger partial charge < -0.3 is 5.73 Å². The summed E-state index contributed by atoms with van der Waals surface area (Å²) in [5.74, 6) is 0. The van der Waals surface area contributed by atoms with E-state index in [1.54, 1.807) is 12.3 Å². The van der Waals surface area contributed by atoms with Crippen molar-refractivity contribution in [3.63, 3.8) is 0 Å². The second kappa shape index (κ2) is 5.14. The van der Waals surface area contributed by atoms with Crippen molar-refractivity contribution in [2.75, 3.05) is 5.73 Å². The van der Waals surface area contributed by atoms with Gasteiger partial charge in [0.05, 0.1) is 31.5 Å². The Morgan fingerprint density at radius 1 is 1.00 bits per heavy atom. The van der Waals surface area contributed by atoms with Crippen LogP contribution in [0.2, 0.25) is 20.1 Å². The van der Waals surface area contributed by atoms with E-state index in [1.807, 2.05) is 6.92 Å². The first-order valence-electron chi connectivity index (χ1n) is 4.97. The van der Waals surface area contributed by atoms with Gasteiger partial charge in [-0.25, -0.2) is 0 Å². The number of aromatic nitrogens is 1. The lowest BCUT2D eigenvalue weighted by molar-refractivity contribution is 1.27. The van der Waals surface area contributed by atoms with Crippen molar-refractivity contribution in [1.29, 1.82) is 0 Å². The summed E-state index contributed by atoms with van der Waals surface area (Å²) in [5.41, 5.74) is 8.26. The van der Waals surface area contributed by atoms with E-state index in [1.165, 1.54) is 6.07 Å². The summed E-state index contributed by atoms with van der Waals surface area (Å²) >= 11 is 24.3. The van der Waals surface area contributed by atoms with Gasteiger partial charge in [-0.2, -0.15) is 0 Å². The van der Waals surface area contributed by atoms with Crippen molar-refractivity contribution in [1.82, 2.24) is 4.98 Å². The van der Waals surface area contributed by atoms with E-state index in [2.05, 4.69) is 4.98 Å². The van der Waals surface area contributed by atoms with Crippen LogP contribution in [0, 0.1) is 6.92 Å². The lowest BCUT2D eigenvalue weighted by Gasteiger charge is -2.12. The summed E-state index contributed by atoms with van der Waals surface area (Å²) < 4.78 is 0. The summed E-state index contributed by atoms with van der Waals surface area (Å²) in [4.78, 5) is 4.24. The Labute approximate surface area is 125 Å². The molecule has 0 unspecified atom stereocenters. The summed E-state index contributed by atoms with van der Waals surface area (Å²) in [6.07, 6.45) is 1.67. The second-order valence-electron chi connectivity index (χ2n) is 3.79. The number of nitrogen functional groups attached to an aromatic ring is 1. The zero-order valence-electron chi connectivity index (χ0n) is 9.27. The third-order valence-electron chi connectivity index (χ3n) is 2.40. The fourth-order valence-electron chi connectivity index (χ4n) is 1.58. The minimum absolute atomic E-state index is 0.286. The molecule has 6 heteroatoms. The topological polar surface area (TPSA) is 38.9 Å². The van der Waals surface area contributed by atoms with E-state index in [0.29, 0.717) is 27.0 Å². The van der Waals surface area contributed by atoms with Gasteiger partial charge in [0.1, 0.15) is 0 Å². The van der Waals surface area contributed by atoms with E-state index in [9.17, 15) is 0 Å². The summed E-state index contributed by atoms with van der Waals surface area (Å²) in [6.45, 7) is 1.89. The molecule has 2 rings (SSSR count). The molecule has 0 radical (unpaired) electrons. The molecule has 0 aliphatic heterocycles. The number of nitrogens with zero attached hydrogens (tertiary/aromatic N) is 1. The normalized spacial score (nSPS) is 10.7. The largest absolute Gasteiger partial charge is 0.397 e. The Kier molecular flexibility index (Phi) is 3.93. The second-order valence-corrected chi connectivity index (χ2v) is 5.36. The number of aryl methyl sites for hydroxylation is 1. The van der Waals surface area contributed by atoms with Crippen LogP contribution in [-0.2, 0) is 0 Å². The van der Waals surface area contributed by atoms with Crippen molar-refractivity contribution in [3.05, 3.63) is 44.0 Å². The first-order valence-corrected chi connectivity index (χ1v) is 6.48. The van der Waals surface area contributed by atoms with E-state index in [4.69, 9.17) is 52.1 Å². The lowest BCUT2D eigenvalue weighted by Crippen LogP contribution is -1.96. The van der Waals surface area contributed by atoms with E-state index in [0.717, 1.165) is 5.56 Å². The van der Waals surface area contributed by atoms with Gasteiger partial charge in [-0.05, 0) is 24.6 Å². The third-order valence-corrected chi connectivity index (χ3v) is 3.98. The molecule has 0 spiro atoms. The number of halogens is 4. The molecule has 1 heterocycles. The monoisotopic (exact) mass is 320 g/mol. The number of rotatable bonds is 1. The predicted molar refractivity (Wildman–Crippen MR) is 78.9 cm³/mol. The molecular formula is C12H8Cl4N2. The van der Waals surface area contributed by atoms with Gasteiger partial charge in [-0.15, -0.1) is 0 Å². The average molecular weight is 322 g/mol. The van der Waals surface area contributed by atoms with Gasteiger partial charge in [0.2, 0.25) is 0 Å². The quantitative estimate of drug-likeness (QED) is 0.728. The minimum atomic E-state index is 0.286. The SMILES string of the molecule is Cc1cnc(-c2c(Cl)c(Cl)cc(Cl)c2Cl)c(N)c1. The molecule has 1 aromatic carbocycles. The van der Waals surface area contributed by atoms with Crippen LogP contribution in [0.3, 0.4) is 0 Å². The number of hydrogen-bond donors (Lipinski definition) is 1. The van der Waals surface area contributed by atoms with E-state index >= 15 is 0 Å². The standard InChI is InChI=1S/C12H8Cl4N2/c1-5-2-8(17)12(18-4-5)9-10(15)6(13)3-7(14)11(9)16/h2-4H,17H2,1H3. The zero-order valence-corrected chi connectivity index (χ0v) is 12.3. The number of benzene rings is 1. The highest BCUT2D eigenvalue weighted by Gasteiger charge is 2.18. The molecule has 0 saturated carbocycles. The maximum atomic E-state index is 6.15. The maximum absolute atomic E-state index is 6.15. The van der Waals surface area contributed by atoms with Gasteiger partial charge in [-0.3, -0.25) is 4.98 Å². The van der Waals surface area contributed by atoms with Crippen LogP contribution in [0.1, 0.15) is 5.56 Å². The van der Waals surface area contributed by atoms with E-state index < -0.39 is 0 Å². The van der Waals surface area contributed by atoms with Gasteiger partial charge >= 0.3 is 0 Å². The Balaban J connectivity index is 2.78. The summed E-state index contributed by atoms with van der Waals surface area (Å²) in [7, 11) is 0. The molecule has 0 amide bonds. The summed E-state index contributed by atoms with van der Waals surface area (Å²) in [5, 5.41) is 1.19. The van der Waals surface area contributed by atoms with Gasteiger partial charge in [0.15, 0.2) is 0 Å². The van der Waals surface area contributed by atoms with Crippen molar-refractivity contribution in [3.8, 4) is 11.3 Å². The van der Waals surface area contributed by atoms with Crippen LogP contribution >= 0.6 is 46.4 Å². The summed E-state index contributed by atoms with van der Waals surface area (Å²) in [6, 6.07) is 3.27. The van der Waals surface area contributed by atoms with Crippen LogP contribution < -0.4 is 5.73 Å². The highest BCUT2D eigenvalue weighted by atomic mass is 35.5. The molecule has 18 heavy (non-hydrogen) atoms. The predicted octanol–water partition coefficient (Wildman–Crippen LogP) is 5.25. The molecule has 0 aliphatic rings. The molecule has 0 fully saturated rings. The Bertz CT molecular complexity index is 600. The maximum Gasteiger partial charge on any atom is 0.0962 e. The fourth-order valence-corrected chi connectivity index (χ4v) is 2.57. The molecule has 0 saturated heterocycles. The zero-order chi connectivity index (χ0) is 13.4. The lowest BCUT2D eigenvalue weighted by atomic mass is 10.1. The number of anilines is 1. The average Bonchev–Trinajstić information content (AvgIpc) is 2.29. The molecule has 94 valence electrons. The molecule has 2 N–H and O–H groups in total. The number of nitrogens with two attached hydrogens (primary N) is 1. The first kappa shape index (κ1) is 13.8. The number of hydrogen-bond acceptors (Lipinski definition) is 2. The molecule has 0 aliphatic carbocycles. The Hall–Kier alpha value is -0.670. The molecular weight excluding hydrogens is 314 g/mol. The van der Waals surface area contributed by atoms with Crippen molar-refractivity contribution < 1.29 is 0 Å². The Morgan fingerprint density at radius 3 is 2.06 bits per heavy atom. The molecule has 1 aromatic heterocycles. The minimum Gasteiger partial charge on any atom is -0.397 e. The van der Waals surface area contributed by atoms with Crippen LogP contribution in [0.25, 0.3) is 11.3 Å². The molecule has 0 bridgehead atoms. The third kappa shape index (κ3) is 2.39. The smallest absolute Gasteiger partial charge is 0.0962 e. The van der Waals surface area contributed by atoms with Gasteiger partial charge in [0, 0.05) is 11.8 Å². The van der Waals surface area contributed by atoms with Gasteiger partial charge in [-0.1, -0.05) is 46.4 Å². The Morgan fingerprint density at radius 2 is 1.56 bits per heavy atom. The number of pyridine rings is 1. The van der Waals surface area contributed by atoms with Crippen LogP contribution in [0.15, 0.2) is 18.3 Å². The highest BCUT2D eigenvalue weighted by molar-refractivity contribution is 6.50. The molecule has 0 atom stereocenters. The highest BCUT2D eigenvalue weighted by Crippen LogP contribution is 2.44. The van der Waals surface area contributed by atoms with Crippen LogP contribution in [0.4, 0.5) is 5.69 Å². The first-order chi connectivity index (χ1) is 8.41. The van der Waals surface area contributed by atoms with Crippen LogP contribution in [0.5, 0.6) is 0 Å².